The van der Waals surface area contributed by atoms with E-state index in [0.29, 0.717) is 50.8 Å². The molecule has 2 aromatic heterocycles. The quantitative estimate of drug-likeness (QED) is 0.166. The number of amides is 1. The predicted octanol–water partition coefficient (Wildman–Crippen LogP) is 7.06. The Morgan fingerprint density at radius 1 is 1.02 bits per heavy atom. The van der Waals surface area contributed by atoms with Gasteiger partial charge in [0.1, 0.15) is 17.0 Å². The van der Waals surface area contributed by atoms with Crippen molar-refractivity contribution in [3.05, 3.63) is 115 Å². The minimum Gasteiger partial charge on any atom is -0.491 e. The molecule has 8 nitrogen and oxygen atoms in total. The maximum Gasteiger partial charge on any atom is 0.333 e. The summed E-state index contributed by atoms with van der Waals surface area (Å²) in [5, 5.41) is 1.40. The average Bonchev–Trinajstić information content (AvgIpc) is 3.58. The van der Waals surface area contributed by atoms with E-state index in [0.717, 1.165) is 16.5 Å². The van der Waals surface area contributed by atoms with Gasteiger partial charge in [-0.25, -0.2) is 4.79 Å². The van der Waals surface area contributed by atoms with Crippen LogP contribution in [-0.4, -0.2) is 38.4 Å². The number of aryl methyl sites for hydroxylation is 1. The number of fused-ring (bicyclic) bond motifs is 2. The Morgan fingerprint density at radius 2 is 1.81 bits per heavy atom. The van der Waals surface area contributed by atoms with Crippen molar-refractivity contribution in [3.63, 3.8) is 0 Å². The number of aromatic nitrogens is 2. The van der Waals surface area contributed by atoms with Gasteiger partial charge in [-0.2, -0.15) is 0 Å². The number of benzene rings is 3. The molecule has 220 valence electrons. The smallest absolute Gasteiger partial charge is 0.333 e. The fourth-order valence-electron chi connectivity index (χ4n) is 5.46. The Labute approximate surface area is 261 Å². The summed E-state index contributed by atoms with van der Waals surface area (Å²) in [6.45, 7) is 4.59. The highest BCUT2D eigenvalue weighted by Crippen LogP contribution is 2.27. The third-order valence-electron chi connectivity index (χ3n) is 7.52. The molecule has 3 heterocycles. The zero-order chi connectivity index (χ0) is 30.2. The number of hydrogen-bond donors (Lipinski definition) is 0. The zero-order valence-electron chi connectivity index (χ0n) is 23.7. The van der Waals surface area contributed by atoms with E-state index < -0.39 is 0 Å². The number of furan rings is 1. The molecule has 6 rings (SSSR count). The highest BCUT2D eigenvalue weighted by molar-refractivity contribution is 9.10. The molecule has 1 aliphatic heterocycles. The summed E-state index contributed by atoms with van der Waals surface area (Å²) in [6.07, 6.45) is 2.31. The lowest BCUT2D eigenvalue weighted by Gasteiger charge is -2.28. The first-order valence-electron chi connectivity index (χ1n) is 14.0. The number of ketones is 1. The van der Waals surface area contributed by atoms with Crippen molar-refractivity contribution in [2.75, 3.05) is 6.54 Å². The van der Waals surface area contributed by atoms with Crippen LogP contribution < -0.4 is 10.4 Å². The first kappa shape index (κ1) is 29.0. The second kappa shape index (κ2) is 11.9. The van der Waals surface area contributed by atoms with Crippen LogP contribution in [0.3, 0.4) is 0 Å². The lowest BCUT2D eigenvalue weighted by Crippen LogP contribution is -2.41. The second-order valence-electron chi connectivity index (χ2n) is 10.8. The van der Waals surface area contributed by atoms with Crippen LogP contribution in [-0.2, 0) is 19.5 Å². The third kappa shape index (κ3) is 5.79. The Morgan fingerprint density at radius 3 is 2.56 bits per heavy atom. The molecule has 0 bridgehead atoms. The maximum absolute atomic E-state index is 14.0. The normalized spacial score (nSPS) is 13.0. The van der Waals surface area contributed by atoms with Crippen LogP contribution in [0.5, 0.6) is 5.75 Å². The number of hydrogen-bond acceptors (Lipinski definition) is 5. The zero-order valence-corrected chi connectivity index (χ0v) is 26.0. The fourth-order valence-corrected chi connectivity index (χ4v) is 5.89. The van der Waals surface area contributed by atoms with Gasteiger partial charge >= 0.3 is 5.69 Å². The molecule has 0 spiro atoms. The number of carbonyl (C=O) groups is 2. The molecule has 0 unspecified atom stereocenters. The van der Waals surface area contributed by atoms with Gasteiger partial charge in [0.25, 0.3) is 5.91 Å². The van der Waals surface area contributed by atoms with Crippen LogP contribution in [0.2, 0.25) is 5.02 Å². The SMILES string of the molecule is CC(C)Oc1ccc(-n2c(C(=O)CCc3ccc4occc4c3)c3n(c2=O)CCN(C(=O)c2ccc(Br)c(Cl)c2)C3)cc1. The van der Waals surface area contributed by atoms with E-state index in [2.05, 4.69) is 15.9 Å². The van der Waals surface area contributed by atoms with E-state index >= 15 is 0 Å². The number of Topliss-reactive ketones (excluding diaryl/α,β-unsaturated/α-hetero) is 1. The van der Waals surface area contributed by atoms with Gasteiger partial charge in [0, 0.05) is 34.9 Å². The van der Waals surface area contributed by atoms with Crippen LogP contribution in [0.4, 0.5) is 0 Å². The lowest BCUT2D eigenvalue weighted by molar-refractivity contribution is 0.0707. The first-order chi connectivity index (χ1) is 20.7. The molecular formula is C33H29BrClN3O5. The summed E-state index contributed by atoms with van der Waals surface area (Å²) >= 11 is 9.62. The first-order valence-corrected chi connectivity index (χ1v) is 15.2. The summed E-state index contributed by atoms with van der Waals surface area (Å²) in [4.78, 5) is 43.0. The maximum atomic E-state index is 14.0. The summed E-state index contributed by atoms with van der Waals surface area (Å²) in [6, 6.07) is 19.9. The Bertz CT molecular complexity index is 1900. The van der Waals surface area contributed by atoms with E-state index in [1.807, 2.05) is 38.1 Å². The van der Waals surface area contributed by atoms with Gasteiger partial charge in [0.15, 0.2) is 5.78 Å². The minimum atomic E-state index is -0.311. The molecule has 43 heavy (non-hydrogen) atoms. The van der Waals surface area contributed by atoms with Gasteiger partial charge < -0.3 is 14.1 Å². The van der Waals surface area contributed by atoms with E-state index in [-0.39, 0.29) is 43.0 Å². The molecule has 0 fully saturated rings. The van der Waals surface area contributed by atoms with E-state index in [1.54, 1.807) is 58.2 Å². The van der Waals surface area contributed by atoms with Crippen LogP contribution in [0.15, 0.2) is 86.7 Å². The standard InChI is InChI=1S/C33H29BrClN3O5/c1-20(2)43-25-8-6-24(7-9-25)38-31(29(39)11-3-21-4-12-30-22(17-21)13-16-42-30)28-19-36(14-15-37(28)33(38)41)32(40)23-5-10-26(34)27(35)18-23/h4-10,12-13,16-18,20H,3,11,14-15,19H2,1-2H3. The highest BCUT2D eigenvalue weighted by Gasteiger charge is 2.32. The van der Waals surface area contributed by atoms with Gasteiger partial charge in [-0.1, -0.05) is 17.7 Å². The molecule has 1 amide bonds. The Balaban J connectivity index is 1.36. The van der Waals surface area contributed by atoms with Gasteiger partial charge in [-0.15, -0.1) is 0 Å². The second-order valence-corrected chi connectivity index (χ2v) is 12.1. The molecule has 10 heteroatoms. The molecule has 0 saturated carbocycles. The number of rotatable bonds is 8. The summed E-state index contributed by atoms with van der Waals surface area (Å²) in [7, 11) is 0. The van der Waals surface area contributed by atoms with Crippen molar-refractivity contribution >= 4 is 50.2 Å². The van der Waals surface area contributed by atoms with Crippen molar-refractivity contribution < 1.29 is 18.7 Å². The van der Waals surface area contributed by atoms with Crippen molar-refractivity contribution in [1.29, 1.82) is 0 Å². The Hall–Kier alpha value is -4.08. The summed E-state index contributed by atoms with van der Waals surface area (Å²) in [5.41, 5.74) is 3.27. The molecule has 3 aromatic carbocycles. The van der Waals surface area contributed by atoms with Crippen LogP contribution in [0.1, 0.15) is 52.4 Å². The summed E-state index contributed by atoms with van der Waals surface area (Å²) < 4.78 is 15.0. The Kier molecular flexibility index (Phi) is 8.03. The largest absolute Gasteiger partial charge is 0.491 e. The van der Waals surface area contributed by atoms with E-state index in [4.69, 9.17) is 20.8 Å². The molecule has 0 aliphatic carbocycles. The molecule has 0 radical (unpaired) electrons. The summed E-state index contributed by atoms with van der Waals surface area (Å²) in [5.74, 6) is 0.271. The topological polar surface area (TPSA) is 86.7 Å². The molecule has 0 atom stereocenters. The van der Waals surface area contributed by atoms with Crippen molar-refractivity contribution in [1.82, 2.24) is 14.0 Å². The molecule has 0 saturated heterocycles. The highest BCUT2D eigenvalue weighted by atomic mass is 79.9. The van der Waals surface area contributed by atoms with Crippen molar-refractivity contribution in [2.24, 2.45) is 0 Å². The average molecular weight is 663 g/mol. The number of carbonyl (C=O) groups excluding carboxylic acids is 2. The van der Waals surface area contributed by atoms with Gasteiger partial charge in [-0.3, -0.25) is 18.7 Å². The van der Waals surface area contributed by atoms with E-state index in [1.165, 1.54) is 4.57 Å². The van der Waals surface area contributed by atoms with Crippen LogP contribution in [0, 0.1) is 0 Å². The fraction of sp³-hybridized carbons (Fsp3) is 0.242. The van der Waals surface area contributed by atoms with E-state index in [9.17, 15) is 14.4 Å². The van der Waals surface area contributed by atoms with Crippen LogP contribution >= 0.6 is 27.5 Å². The van der Waals surface area contributed by atoms with Gasteiger partial charge in [0.2, 0.25) is 0 Å². The number of halogens is 2. The number of nitrogens with zero attached hydrogens (tertiary/aromatic N) is 3. The molecule has 0 N–H and O–H groups in total. The third-order valence-corrected chi connectivity index (χ3v) is 8.75. The monoisotopic (exact) mass is 661 g/mol. The minimum absolute atomic E-state index is 0.00194. The molecule has 1 aliphatic rings. The predicted molar refractivity (Wildman–Crippen MR) is 169 cm³/mol. The van der Waals surface area contributed by atoms with Gasteiger partial charge in [-0.05, 0) is 102 Å². The van der Waals surface area contributed by atoms with Crippen LogP contribution in [0.25, 0.3) is 16.7 Å². The lowest BCUT2D eigenvalue weighted by atomic mass is 10.0. The number of ether oxygens (including phenoxy) is 1. The van der Waals surface area contributed by atoms with Gasteiger partial charge in [0.05, 0.1) is 35.3 Å². The molecular weight excluding hydrogens is 634 g/mol. The van der Waals surface area contributed by atoms with Crippen molar-refractivity contribution in [2.45, 2.75) is 45.9 Å². The molecule has 5 aromatic rings. The number of imidazole rings is 1. The van der Waals surface area contributed by atoms with Crippen molar-refractivity contribution in [3.8, 4) is 11.4 Å².